The van der Waals surface area contributed by atoms with Gasteiger partial charge < -0.3 is 19.4 Å². The van der Waals surface area contributed by atoms with E-state index in [9.17, 15) is 15.0 Å². The van der Waals surface area contributed by atoms with Crippen LogP contribution < -0.4 is 10.4 Å². The highest BCUT2D eigenvalue weighted by atomic mass is 79.9. The number of hydrogen-bond donors (Lipinski definition) is 2. The number of rotatable bonds is 10. The quantitative estimate of drug-likeness (QED) is 0.239. The third-order valence-electron chi connectivity index (χ3n) is 6.70. The van der Waals surface area contributed by atoms with Crippen molar-refractivity contribution >= 4 is 40.6 Å². The summed E-state index contributed by atoms with van der Waals surface area (Å²) < 4.78 is 12.4. The highest BCUT2D eigenvalue weighted by molar-refractivity contribution is 9.11. The molecule has 0 fully saturated rings. The minimum Gasteiger partial charge on any atom is -0.455 e. The third-order valence-corrected chi connectivity index (χ3v) is 12.1. The van der Waals surface area contributed by atoms with Gasteiger partial charge in [-0.1, -0.05) is 116 Å². The summed E-state index contributed by atoms with van der Waals surface area (Å²) in [6, 6.07) is 20.6. The number of esters is 1. The SMILES string of the molecule is CC(C)(C)[Si](O[C@@H](/C=C\Br)C[C@@H](O)[C@](C)(O)C=C[C@H]1CC=CC(=O)O1)(c1ccccc1)c1ccccc1. The van der Waals surface area contributed by atoms with Gasteiger partial charge in [0.1, 0.15) is 11.7 Å². The number of aliphatic hydroxyl groups is 2. The summed E-state index contributed by atoms with van der Waals surface area (Å²) in [5, 5.41) is 24.3. The Bertz CT molecular complexity index is 1070. The molecule has 1 heterocycles. The maximum atomic E-state index is 11.5. The van der Waals surface area contributed by atoms with Gasteiger partial charge in [0.15, 0.2) is 0 Å². The minimum absolute atomic E-state index is 0.161. The monoisotopic (exact) mass is 584 g/mol. The fourth-order valence-corrected chi connectivity index (χ4v) is 9.67. The molecule has 2 aromatic carbocycles. The van der Waals surface area contributed by atoms with E-state index in [1.54, 1.807) is 24.1 Å². The number of carbonyl (C=O) groups excluding carboxylic acids is 1. The van der Waals surface area contributed by atoms with E-state index >= 15 is 0 Å². The first-order chi connectivity index (χ1) is 17.5. The van der Waals surface area contributed by atoms with Crippen LogP contribution in [0.5, 0.6) is 0 Å². The molecular formula is C30H37BrO5Si. The lowest BCUT2D eigenvalue weighted by molar-refractivity contribution is -0.141. The Labute approximate surface area is 229 Å². The van der Waals surface area contributed by atoms with Gasteiger partial charge in [-0.15, -0.1) is 0 Å². The standard InChI is InChI=1S/C30H37BrO5Si/c1-29(2,3)37(25-13-7-5-8-14-25,26-15-9-6-10-16-26)36-24(19-21-31)22-27(32)30(4,34)20-18-23-12-11-17-28(33)35-23/h5-11,13-21,23-24,27,32,34H,12,22H2,1-4H3/b20-18?,21-19-/t23-,24+,27-,30-/m1/s1. The summed E-state index contributed by atoms with van der Waals surface area (Å²) in [5.41, 5.74) is -1.55. The van der Waals surface area contributed by atoms with Crippen molar-refractivity contribution in [3.8, 4) is 0 Å². The van der Waals surface area contributed by atoms with Crippen LogP contribution in [0.3, 0.4) is 0 Å². The molecule has 0 unspecified atom stereocenters. The van der Waals surface area contributed by atoms with E-state index in [4.69, 9.17) is 9.16 Å². The summed E-state index contributed by atoms with van der Waals surface area (Å²) in [4.78, 5) is 13.3. The average molecular weight is 586 g/mol. The van der Waals surface area contributed by atoms with Crippen molar-refractivity contribution in [3.63, 3.8) is 0 Å². The molecule has 2 aromatic rings. The van der Waals surface area contributed by atoms with Gasteiger partial charge in [0, 0.05) is 18.9 Å². The molecule has 0 saturated heterocycles. The number of hydrogen-bond acceptors (Lipinski definition) is 5. The van der Waals surface area contributed by atoms with Gasteiger partial charge in [-0.05, 0) is 33.4 Å². The average Bonchev–Trinajstić information content (AvgIpc) is 2.86. The Morgan fingerprint density at radius 1 is 1.08 bits per heavy atom. The zero-order valence-electron chi connectivity index (χ0n) is 21.9. The van der Waals surface area contributed by atoms with Crippen molar-refractivity contribution < 1.29 is 24.2 Å². The predicted molar refractivity (Wildman–Crippen MR) is 155 cm³/mol. The maximum absolute atomic E-state index is 11.5. The largest absolute Gasteiger partial charge is 0.455 e. The number of aliphatic hydroxyl groups excluding tert-OH is 1. The molecule has 198 valence electrons. The Kier molecular flexibility index (Phi) is 9.89. The lowest BCUT2D eigenvalue weighted by atomic mass is 9.93. The highest BCUT2D eigenvalue weighted by Crippen LogP contribution is 2.38. The van der Waals surface area contributed by atoms with Crippen LogP contribution in [-0.4, -0.2) is 48.4 Å². The number of cyclic esters (lactones) is 1. The minimum atomic E-state index is -2.88. The van der Waals surface area contributed by atoms with Crippen LogP contribution in [0.1, 0.15) is 40.5 Å². The number of carbonyl (C=O) groups is 1. The zero-order chi connectivity index (χ0) is 27.1. The fourth-order valence-electron chi connectivity index (χ4n) is 4.69. The van der Waals surface area contributed by atoms with Crippen molar-refractivity contribution in [2.75, 3.05) is 0 Å². The molecule has 0 saturated carbocycles. The van der Waals surface area contributed by atoms with E-state index in [1.807, 2.05) is 42.5 Å². The van der Waals surface area contributed by atoms with E-state index in [1.165, 1.54) is 12.2 Å². The second-order valence-corrected chi connectivity index (χ2v) is 15.4. The van der Waals surface area contributed by atoms with Crippen molar-refractivity contribution in [2.45, 2.75) is 69.5 Å². The highest BCUT2D eigenvalue weighted by Gasteiger charge is 2.51. The molecule has 0 radical (unpaired) electrons. The summed E-state index contributed by atoms with van der Waals surface area (Å²) in [7, 11) is -2.88. The van der Waals surface area contributed by atoms with Crippen molar-refractivity contribution in [1.82, 2.24) is 0 Å². The normalized spacial score (nSPS) is 20.1. The molecule has 0 amide bonds. The molecule has 3 rings (SSSR count). The van der Waals surface area contributed by atoms with Crippen LogP contribution >= 0.6 is 15.9 Å². The van der Waals surface area contributed by atoms with Gasteiger partial charge >= 0.3 is 5.97 Å². The van der Waals surface area contributed by atoms with Crippen LogP contribution in [0.2, 0.25) is 5.04 Å². The number of halogens is 1. The molecule has 1 aliphatic rings. The lowest BCUT2D eigenvalue weighted by Gasteiger charge is -2.45. The summed E-state index contributed by atoms with van der Waals surface area (Å²) in [5.74, 6) is -0.415. The third kappa shape index (κ3) is 7.18. The van der Waals surface area contributed by atoms with E-state index < -0.39 is 38.2 Å². The topological polar surface area (TPSA) is 76.0 Å². The molecular weight excluding hydrogens is 548 g/mol. The predicted octanol–water partition coefficient (Wildman–Crippen LogP) is 4.77. The Balaban J connectivity index is 1.93. The van der Waals surface area contributed by atoms with Crippen molar-refractivity contribution in [3.05, 3.63) is 96.0 Å². The van der Waals surface area contributed by atoms with Crippen LogP contribution in [0.4, 0.5) is 0 Å². The van der Waals surface area contributed by atoms with Gasteiger partial charge in [-0.25, -0.2) is 4.79 Å². The Hall–Kier alpha value is -2.29. The Morgan fingerprint density at radius 2 is 1.65 bits per heavy atom. The van der Waals surface area contributed by atoms with Gasteiger partial charge in [-0.3, -0.25) is 0 Å². The van der Waals surface area contributed by atoms with E-state index in [0.29, 0.717) is 6.42 Å². The fraction of sp³-hybridized carbons (Fsp3) is 0.367. The second kappa shape index (κ2) is 12.5. The molecule has 2 N–H and O–H groups in total. The summed E-state index contributed by atoms with van der Waals surface area (Å²) in [6.45, 7) is 8.14. The Morgan fingerprint density at radius 3 is 2.14 bits per heavy atom. The van der Waals surface area contributed by atoms with E-state index in [0.717, 1.165) is 10.4 Å². The maximum Gasteiger partial charge on any atom is 0.331 e. The molecule has 4 atom stereocenters. The lowest BCUT2D eigenvalue weighted by Crippen LogP contribution is -2.67. The molecule has 0 bridgehead atoms. The molecule has 0 aromatic heterocycles. The van der Waals surface area contributed by atoms with Crippen LogP contribution in [-0.2, 0) is 14.0 Å². The first-order valence-electron chi connectivity index (χ1n) is 12.5. The van der Waals surface area contributed by atoms with Gasteiger partial charge in [0.25, 0.3) is 8.32 Å². The first-order valence-corrected chi connectivity index (χ1v) is 15.3. The summed E-state index contributed by atoms with van der Waals surface area (Å²) >= 11 is 3.39. The van der Waals surface area contributed by atoms with Crippen LogP contribution in [0.25, 0.3) is 0 Å². The van der Waals surface area contributed by atoms with E-state index in [2.05, 4.69) is 61.0 Å². The smallest absolute Gasteiger partial charge is 0.331 e. The molecule has 37 heavy (non-hydrogen) atoms. The summed E-state index contributed by atoms with van der Waals surface area (Å²) in [6.07, 6.45) is 6.72. The molecule has 5 nitrogen and oxygen atoms in total. The second-order valence-electron chi connectivity index (χ2n) is 10.6. The van der Waals surface area contributed by atoms with Gasteiger partial charge in [0.05, 0.1) is 12.2 Å². The van der Waals surface area contributed by atoms with Crippen molar-refractivity contribution in [1.29, 1.82) is 0 Å². The number of ether oxygens (including phenoxy) is 1. The number of benzene rings is 2. The van der Waals surface area contributed by atoms with Gasteiger partial charge in [-0.2, -0.15) is 0 Å². The van der Waals surface area contributed by atoms with Crippen LogP contribution in [0.15, 0.2) is 96.0 Å². The first kappa shape index (κ1) is 29.3. The van der Waals surface area contributed by atoms with E-state index in [-0.39, 0.29) is 11.5 Å². The molecule has 0 aliphatic carbocycles. The molecule has 1 aliphatic heterocycles. The van der Waals surface area contributed by atoms with Crippen LogP contribution in [0, 0.1) is 0 Å². The zero-order valence-corrected chi connectivity index (χ0v) is 24.5. The van der Waals surface area contributed by atoms with Crippen molar-refractivity contribution in [2.24, 2.45) is 0 Å². The van der Waals surface area contributed by atoms with Gasteiger partial charge in [0.2, 0.25) is 0 Å². The molecule has 7 heteroatoms. The molecule has 0 spiro atoms.